The number of nitrogens with one attached hydrogen (secondary N) is 1. The Morgan fingerprint density at radius 3 is 2.76 bits per heavy atom. The first-order valence-electron chi connectivity index (χ1n) is 9.13. The second kappa shape index (κ2) is 10.2. The molecule has 150 valence electrons. The van der Waals surface area contributed by atoms with Crippen LogP contribution >= 0.6 is 23.4 Å². The first-order chi connectivity index (χ1) is 14.0. The molecule has 0 aliphatic carbocycles. The van der Waals surface area contributed by atoms with Gasteiger partial charge in [-0.25, -0.2) is 9.97 Å². The predicted octanol–water partition coefficient (Wildman–Crippen LogP) is 3.86. The van der Waals surface area contributed by atoms with Crippen molar-refractivity contribution in [2.45, 2.75) is 17.3 Å². The number of nitrogens with zero attached hydrogens (tertiary/aromatic N) is 4. The van der Waals surface area contributed by atoms with Crippen LogP contribution in [0, 0.1) is 0 Å². The second-order valence-electron chi connectivity index (χ2n) is 6.54. The molecule has 1 amide bonds. The number of halogens is 1. The first kappa shape index (κ1) is 21.1. The van der Waals surface area contributed by atoms with Gasteiger partial charge in [0.25, 0.3) is 5.91 Å². The van der Waals surface area contributed by atoms with E-state index in [0.717, 1.165) is 17.1 Å². The number of rotatable bonds is 8. The molecule has 0 aliphatic rings. The summed E-state index contributed by atoms with van der Waals surface area (Å²) in [5.41, 5.74) is 2.60. The summed E-state index contributed by atoms with van der Waals surface area (Å²) >= 11 is 7.57. The molecule has 0 fully saturated rings. The zero-order valence-electron chi connectivity index (χ0n) is 16.3. The lowest BCUT2D eigenvalue weighted by molar-refractivity contribution is 0.0954. The van der Waals surface area contributed by atoms with Crippen molar-refractivity contribution in [2.24, 2.45) is 0 Å². The van der Waals surface area contributed by atoms with Crippen molar-refractivity contribution in [1.82, 2.24) is 20.3 Å². The molecular weight excluding hydrogens is 406 g/mol. The highest BCUT2D eigenvalue weighted by molar-refractivity contribution is 7.98. The summed E-state index contributed by atoms with van der Waals surface area (Å²) in [4.78, 5) is 27.3. The lowest BCUT2D eigenvalue weighted by Gasteiger charge is -2.12. The normalized spacial score (nSPS) is 10.6. The molecule has 8 heteroatoms. The summed E-state index contributed by atoms with van der Waals surface area (Å²) in [7, 11) is 3.81. The number of anilines is 1. The third-order valence-electron chi connectivity index (χ3n) is 4.07. The molecule has 0 unspecified atom stereocenters. The summed E-state index contributed by atoms with van der Waals surface area (Å²) in [5, 5.41) is 3.96. The molecule has 0 radical (unpaired) electrons. The van der Waals surface area contributed by atoms with Gasteiger partial charge in [0.1, 0.15) is 11.0 Å². The molecule has 2 heterocycles. The van der Waals surface area contributed by atoms with Gasteiger partial charge < -0.3 is 10.2 Å². The lowest BCUT2D eigenvalue weighted by atomic mass is 10.1. The molecule has 0 aliphatic heterocycles. The number of hydrogen-bond donors (Lipinski definition) is 1. The van der Waals surface area contributed by atoms with Crippen molar-refractivity contribution < 1.29 is 4.79 Å². The van der Waals surface area contributed by atoms with Crippen LogP contribution in [0.2, 0.25) is 5.15 Å². The summed E-state index contributed by atoms with van der Waals surface area (Å²) in [6.45, 7) is 0.540. The smallest absolute Gasteiger partial charge is 0.251 e. The molecule has 0 spiro atoms. The monoisotopic (exact) mass is 427 g/mol. The van der Waals surface area contributed by atoms with Crippen LogP contribution in [0.25, 0.3) is 0 Å². The molecule has 3 aromatic rings. The Balaban J connectivity index is 1.57. The van der Waals surface area contributed by atoms with E-state index >= 15 is 0 Å². The predicted molar refractivity (Wildman–Crippen MR) is 118 cm³/mol. The molecule has 1 N–H and O–H groups in total. The van der Waals surface area contributed by atoms with Crippen LogP contribution in [0.4, 0.5) is 5.82 Å². The number of thioether (sulfide) groups is 1. The maximum Gasteiger partial charge on any atom is 0.251 e. The maximum atomic E-state index is 12.4. The van der Waals surface area contributed by atoms with Gasteiger partial charge in [-0.3, -0.25) is 9.78 Å². The SMILES string of the molecule is CN(C)c1cc(Cl)nc(SCc2cccc(C(=O)NCCc3ccccn3)c2)n1. The summed E-state index contributed by atoms with van der Waals surface area (Å²) in [6.07, 6.45) is 2.45. The number of hydrogen-bond acceptors (Lipinski definition) is 6. The van der Waals surface area contributed by atoms with Crippen LogP contribution in [-0.2, 0) is 12.2 Å². The van der Waals surface area contributed by atoms with Gasteiger partial charge in [0.05, 0.1) is 0 Å². The standard InChI is InChI=1S/C21H22ClN5OS/c1-27(2)19-13-18(22)25-21(26-19)29-14-15-6-5-7-16(12-15)20(28)24-11-9-17-8-3-4-10-23-17/h3-8,10,12-13H,9,11,14H2,1-2H3,(H,24,28). The zero-order valence-corrected chi connectivity index (χ0v) is 17.9. The van der Waals surface area contributed by atoms with Crippen molar-refractivity contribution in [1.29, 1.82) is 0 Å². The average Bonchev–Trinajstić information content (AvgIpc) is 2.73. The lowest BCUT2D eigenvalue weighted by Crippen LogP contribution is -2.25. The van der Waals surface area contributed by atoms with Gasteiger partial charge in [0, 0.05) is 56.3 Å². The fourth-order valence-corrected chi connectivity index (χ4v) is 3.61. The molecular formula is C21H22ClN5OS. The van der Waals surface area contributed by atoms with Crippen LogP contribution in [0.3, 0.4) is 0 Å². The van der Waals surface area contributed by atoms with Gasteiger partial charge >= 0.3 is 0 Å². The van der Waals surface area contributed by atoms with E-state index in [2.05, 4.69) is 20.3 Å². The fraction of sp³-hybridized carbons (Fsp3) is 0.238. The van der Waals surface area contributed by atoms with Crippen LogP contribution in [0.15, 0.2) is 59.9 Å². The molecule has 0 saturated heterocycles. The number of amides is 1. The van der Waals surface area contributed by atoms with E-state index in [4.69, 9.17) is 11.6 Å². The van der Waals surface area contributed by atoms with E-state index in [1.807, 2.05) is 61.5 Å². The van der Waals surface area contributed by atoms with E-state index < -0.39 is 0 Å². The Morgan fingerprint density at radius 1 is 1.14 bits per heavy atom. The Bertz CT molecular complexity index is 968. The van der Waals surface area contributed by atoms with Crippen LogP contribution < -0.4 is 10.2 Å². The van der Waals surface area contributed by atoms with Gasteiger partial charge in [0.15, 0.2) is 5.16 Å². The average molecular weight is 428 g/mol. The number of carbonyl (C=O) groups excluding carboxylic acids is 1. The molecule has 0 saturated carbocycles. The third kappa shape index (κ3) is 6.44. The Hall–Kier alpha value is -2.64. The largest absolute Gasteiger partial charge is 0.363 e. The van der Waals surface area contributed by atoms with E-state index in [1.165, 1.54) is 11.8 Å². The van der Waals surface area contributed by atoms with Crippen LogP contribution in [0.1, 0.15) is 21.6 Å². The minimum atomic E-state index is -0.0957. The number of benzene rings is 1. The minimum Gasteiger partial charge on any atom is -0.363 e. The van der Waals surface area contributed by atoms with Gasteiger partial charge in [-0.1, -0.05) is 41.6 Å². The highest BCUT2D eigenvalue weighted by Crippen LogP contribution is 2.24. The van der Waals surface area contributed by atoms with Crippen molar-refractivity contribution in [3.63, 3.8) is 0 Å². The fourth-order valence-electron chi connectivity index (χ4n) is 2.58. The van der Waals surface area contributed by atoms with Gasteiger partial charge in [-0.2, -0.15) is 0 Å². The zero-order chi connectivity index (χ0) is 20.6. The summed E-state index contributed by atoms with van der Waals surface area (Å²) < 4.78 is 0. The molecule has 6 nitrogen and oxygen atoms in total. The molecule has 29 heavy (non-hydrogen) atoms. The van der Waals surface area contributed by atoms with Crippen molar-refractivity contribution in [3.8, 4) is 0 Å². The van der Waals surface area contributed by atoms with E-state index in [1.54, 1.807) is 12.3 Å². The minimum absolute atomic E-state index is 0.0957. The molecule has 0 bridgehead atoms. The van der Waals surface area contributed by atoms with Crippen molar-refractivity contribution in [2.75, 3.05) is 25.5 Å². The molecule has 2 aromatic heterocycles. The van der Waals surface area contributed by atoms with Crippen LogP contribution in [0.5, 0.6) is 0 Å². The van der Waals surface area contributed by atoms with E-state index in [-0.39, 0.29) is 5.91 Å². The highest BCUT2D eigenvalue weighted by Gasteiger charge is 2.09. The Morgan fingerprint density at radius 2 is 2.00 bits per heavy atom. The quantitative estimate of drug-likeness (QED) is 0.334. The molecule has 0 atom stereocenters. The van der Waals surface area contributed by atoms with Gasteiger partial charge in [0.2, 0.25) is 0 Å². The van der Waals surface area contributed by atoms with Crippen molar-refractivity contribution >= 4 is 35.1 Å². The summed E-state index contributed by atoms with van der Waals surface area (Å²) in [6, 6.07) is 15.1. The number of aromatic nitrogens is 3. The van der Waals surface area contributed by atoms with Crippen molar-refractivity contribution in [3.05, 3.63) is 76.7 Å². The van der Waals surface area contributed by atoms with Gasteiger partial charge in [-0.15, -0.1) is 0 Å². The highest BCUT2D eigenvalue weighted by atomic mass is 35.5. The van der Waals surface area contributed by atoms with Crippen LogP contribution in [-0.4, -0.2) is 41.5 Å². The molecule has 3 rings (SSSR count). The maximum absolute atomic E-state index is 12.4. The molecule has 1 aromatic carbocycles. The van der Waals surface area contributed by atoms with E-state index in [0.29, 0.717) is 34.6 Å². The number of pyridine rings is 1. The second-order valence-corrected chi connectivity index (χ2v) is 7.87. The van der Waals surface area contributed by atoms with E-state index in [9.17, 15) is 4.79 Å². The third-order valence-corrected chi connectivity index (χ3v) is 5.18. The Kier molecular flexibility index (Phi) is 7.43. The Labute approximate surface area is 179 Å². The van der Waals surface area contributed by atoms with Gasteiger partial charge in [-0.05, 0) is 29.8 Å². The summed E-state index contributed by atoms with van der Waals surface area (Å²) in [5.74, 6) is 1.30. The topological polar surface area (TPSA) is 71.0 Å². The number of carbonyl (C=O) groups is 1. The first-order valence-corrected chi connectivity index (χ1v) is 10.5.